The summed E-state index contributed by atoms with van der Waals surface area (Å²) in [5.41, 5.74) is 0.948. The Hall–Kier alpha value is -2.14. The molecule has 134 valence electrons. The molecular weight excluding hydrogens is 327 g/mol. The molecule has 0 aliphatic rings. The first-order valence-electron chi connectivity index (χ1n) is 8.38. The van der Waals surface area contributed by atoms with Crippen molar-refractivity contribution in [2.24, 2.45) is 0 Å². The van der Waals surface area contributed by atoms with Crippen LogP contribution in [0.15, 0.2) is 48.5 Å². The van der Waals surface area contributed by atoms with E-state index in [9.17, 15) is 18.0 Å². The molecule has 0 bridgehead atoms. The first-order chi connectivity index (χ1) is 11.9. The van der Waals surface area contributed by atoms with Gasteiger partial charge in [0.2, 0.25) is 0 Å². The molecule has 2 rings (SSSR count). The number of hydrogen-bond acceptors (Lipinski definition) is 2. The number of ketones is 1. The first kappa shape index (κ1) is 19.2. The van der Waals surface area contributed by atoms with Crippen LogP contribution in [0.25, 0.3) is 11.1 Å². The summed E-state index contributed by atoms with van der Waals surface area (Å²) >= 11 is 0. The van der Waals surface area contributed by atoms with Gasteiger partial charge in [0.15, 0.2) is 0 Å². The smallest absolute Gasteiger partial charge is 0.307 e. The third-order valence-corrected chi connectivity index (χ3v) is 4.12. The summed E-state index contributed by atoms with van der Waals surface area (Å²) in [7, 11) is 0. The third-order valence-electron chi connectivity index (χ3n) is 4.12. The van der Waals surface area contributed by atoms with Gasteiger partial charge in [-0.3, -0.25) is 4.79 Å². The highest BCUT2D eigenvalue weighted by molar-refractivity contribution is 5.84. The van der Waals surface area contributed by atoms with Crippen molar-refractivity contribution in [3.63, 3.8) is 0 Å². The Bertz CT molecular complexity index is 708. The molecule has 2 nitrogen and oxygen atoms in total. The van der Waals surface area contributed by atoms with Gasteiger partial charge in [0, 0.05) is 6.42 Å². The van der Waals surface area contributed by atoms with Crippen molar-refractivity contribution in [2.75, 3.05) is 6.54 Å². The molecule has 5 heteroatoms. The Balaban J connectivity index is 2.25. The quantitative estimate of drug-likeness (QED) is 0.772. The SMILES string of the molecule is CCNC(Cc1ccc(-c2ccccc2C(F)(F)F)cc1)C(=O)CC. The van der Waals surface area contributed by atoms with E-state index < -0.39 is 11.7 Å². The van der Waals surface area contributed by atoms with Gasteiger partial charge >= 0.3 is 6.18 Å². The molecule has 0 amide bonds. The predicted molar refractivity (Wildman–Crippen MR) is 93.3 cm³/mol. The Morgan fingerprint density at radius 1 is 1.04 bits per heavy atom. The first-order valence-corrected chi connectivity index (χ1v) is 8.38. The fourth-order valence-electron chi connectivity index (χ4n) is 2.83. The number of benzene rings is 2. The number of nitrogens with one attached hydrogen (secondary N) is 1. The van der Waals surface area contributed by atoms with Crippen molar-refractivity contribution < 1.29 is 18.0 Å². The maximum absolute atomic E-state index is 13.2. The normalized spacial score (nSPS) is 12.8. The second-order valence-electron chi connectivity index (χ2n) is 5.87. The van der Waals surface area contributed by atoms with E-state index >= 15 is 0 Å². The van der Waals surface area contributed by atoms with Crippen molar-refractivity contribution in [3.05, 3.63) is 59.7 Å². The molecule has 0 heterocycles. The molecule has 25 heavy (non-hydrogen) atoms. The maximum Gasteiger partial charge on any atom is 0.417 e. The molecule has 0 radical (unpaired) electrons. The van der Waals surface area contributed by atoms with E-state index in [1.807, 2.05) is 13.8 Å². The molecule has 2 aromatic rings. The highest BCUT2D eigenvalue weighted by Gasteiger charge is 2.33. The molecule has 0 saturated carbocycles. The van der Waals surface area contributed by atoms with E-state index in [1.54, 1.807) is 30.3 Å². The van der Waals surface area contributed by atoms with E-state index in [0.717, 1.165) is 11.6 Å². The average molecular weight is 349 g/mol. The number of hydrogen-bond donors (Lipinski definition) is 1. The Labute approximate surface area is 146 Å². The van der Waals surface area contributed by atoms with Gasteiger partial charge in [0.05, 0.1) is 11.6 Å². The summed E-state index contributed by atoms with van der Waals surface area (Å²) in [6.07, 6.45) is -3.41. The fourth-order valence-corrected chi connectivity index (χ4v) is 2.83. The van der Waals surface area contributed by atoms with Crippen molar-refractivity contribution in [1.82, 2.24) is 5.32 Å². The molecule has 1 atom stereocenters. The second kappa shape index (κ2) is 8.30. The molecule has 0 aromatic heterocycles. The average Bonchev–Trinajstić information content (AvgIpc) is 2.60. The van der Waals surface area contributed by atoms with Gasteiger partial charge in [0.1, 0.15) is 5.78 Å². The minimum atomic E-state index is -4.39. The Morgan fingerprint density at radius 3 is 2.24 bits per heavy atom. The minimum absolute atomic E-state index is 0.133. The monoisotopic (exact) mass is 349 g/mol. The van der Waals surface area contributed by atoms with Crippen LogP contribution in [0.1, 0.15) is 31.4 Å². The summed E-state index contributed by atoms with van der Waals surface area (Å²) in [6, 6.07) is 12.2. The lowest BCUT2D eigenvalue weighted by Gasteiger charge is -2.17. The van der Waals surface area contributed by atoms with E-state index in [-0.39, 0.29) is 17.4 Å². The zero-order valence-electron chi connectivity index (χ0n) is 14.4. The molecule has 1 unspecified atom stereocenters. The highest BCUT2D eigenvalue weighted by Crippen LogP contribution is 2.36. The van der Waals surface area contributed by atoms with Crippen molar-refractivity contribution >= 4 is 5.78 Å². The fraction of sp³-hybridized carbons (Fsp3) is 0.350. The third kappa shape index (κ3) is 4.92. The second-order valence-corrected chi connectivity index (χ2v) is 5.87. The van der Waals surface area contributed by atoms with E-state index in [2.05, 4.69) is 5.32 Å². The molecule has 0 aliphatic heterocycles. The number of Topliss-reactive ketones (excluding diaryl/α,β-unsaturated/α-hetero) is 1. The van der Waals surface area contributed by atoms with E-state index in [1.165, 1.54) is 12.1 Å². The molecule has 0 fully saturated rings. The van der Waals surface area contributed by atoms with Crippen LogP contribution in [0.3, 0.4) is 0 Å². The van der Waals surface area contributed by atoms with Crippen LogP contribution in [0.5, 0.6) is 0 Å². The highest BCUT2D eigenvalue weighted by atomic mass is 19.4. The van der Waals surface area contributed by atoms with Crippen LogP contribution in [0.2, 0.25) is 0 Å². The van der Waals surface area contributed by atoms with Gasteiger partial charge in [-0.05, 0) is 35.7 Å². The number of likely N-dealkylation sites (N-methyl/N-ethyl adjacent to an activating group) is 1. The van der Waals surface area contributed by atoms with Crippen molar-refractivity contribution in [1.29, 1.82) is 0 Å². The predicted octanol–water partition coefficient (Wildman–Crippen LogP) is 4.87. The number of carbonyl (C=O) groups excluding carboxylic acids is 1. The lowest BCUT2D eigenvalue weighted by molar-refractivity contribution is -0.137. The molecule has 1 N–H and O–H groups in total. The maximum atomic E-state index is 13.2. The molecule has 0 spiro atoms. The summed E-state index contributed by atoms with van der Waals surface area (Å²) < 4.78 is 39.5. The van der Waals surface area contributed by atoms with Crippen LogP contribution in [-0.4, -0.2) is 18.4 Å². The Kier molecular flexibility index (Phi) is 6.37. The van der Waals surface area contributed by atoms with Crippen LogP contribution >= 0.6 is 0 Å². The zero-order valence-corrected chi connectivity index (χ0v) is 14.4. The topological polar surface area (TPSA) is 29.1 Å². The summed E-state index contributed by atoms with van der Waals surface area (Å²) in [4.78, 5) is 12.0. The lowest BCUT2D eigenvalue weighted by Crippen LogP contribution is -2.38. The molecular formula is C20H22F3NO. The lowest BCUT2D eigenvalue weighted by atomic mass is 9.96. The van der Waals surface area contributed by atoms with Gasteiger partial charge in [-0.15, -0.1) is 0 Å². The Morgan fingerprint density at radius 2 is 1.68 bits per heavy atom. The van der Waals surface area contributed by atoms with Crippen LogP contribution in [-0.2, 0) is 17.4 Å². The van der Waals surface area contributed by atoms with Gasteiger partial charge < -0.3 is 5.32 Å². The van der Waals surface area contributed by atoms with E-state index in [4.69, 9.17) is 0 Å². The van der Waals surface area contributed by atoms with Crippen LogP contribution in [0.4, 0.5) is 13.2 Å². The standard InChI is InChI=1S/C20H22F3NO/c1-3-19(25)18(24-4-2)13-14-9-11-15(12-10-14)16-7-5-6-8-17(16)20(21,22)23/h5-12,18,24H,3-4,13H2,1-2H3. The number of rotatable bonds is 7. The van der Waals surface area contributed by atoms with Crippen LogP contribution in [0, 0.1) is 0 Å². The number of carbonyl (C=O) groups is 1. The van der Waals surface area contributed by atoms with Gasteiger partial charge in [-0.25, -0.2) is 0 Å². The number of alkyl halides is 3. The van der Waals surface area contributed by atoms with Gasteiger partial charge in [-0.1, -0.05) is 56.3 Å². The summed E-state index contributed by atoms with van der Waals surface area (Å²) in [6.45, 7) is 4.45. The zero-order chi connectivity index (χ0) is 18.4. The number of halogens is 3. The largest absolute Gasteiger partial charge is 0.417 e. The van der Waals surface area contributed by atoms with Gasteiger partial charge in [0.25, 0.3) is 0 Å². The van der Waals surface area contributed by atoms with Gasteiger partial charge in [-0.2, -0.15) is 13.2 Å². The molecule has 2 aromatic carbocycles. The van der Waals surface area contributed by atoms with Crippen molar-refractivity contribution in [3.8, 4) is 11.1 Å². The molecule has 0 aliphatic carbocycles. The summed E-state index contributed by atoms with van der Waals surface area (Å²) in [5.74, 6) is 0.133. The van der Waals surface area contributed by atoms with E-state index in [0.29, 0.717) is 24.9 Å². The van der Waals surface area contributed by atoms with Crippen LogP contribution < -0.4 is 5.32 Å². The minimum Gasteiger partial charge on any atom is -0.307 e. The summed E-state index contributed by atoms with van der Waals surface area (Å²) in [5, 5.41) is 3.16. The van der Waals surface area contributed by atoms with Crippen molar-refractivity contribution in [2.45, 2.75) is 38.9 Å². The molecule has 0 saturated heterocycles.